The summed E-state index contributed by atoms with van der Waals surface area (Å²) in [4.78, 5) is 98.8. The summed E-state index contributed by atoms with van der Waals surface area (Å²) >= 11 is 0. The first-order valence-electron chi connectivity index (χ1n) is 16.9. The number of hydrogen-bond donors (Lipinski definition) is 9. The van der Waals surface area contributed by atoms with Crippen LogP contribution in [0.25, 0.3) is 0 Å². The van der Waals surface area contributed by atoms with Crippen molar-refractivity contribution < 1.29 is 85.3 Å². The third-order valence-corrected chi connectivity index (χ3v) is 11.3. The van der Waals surface area contributed by atoms with Crippen LogP contribution in [-0.2, 0) is 55.1 Å². The molecule has 3 aromatic rings. The van der Waals surface area contributed by atoms with Crippen molar-refractivity contribution in [2.75, 3.05) is 19.8 Å². The maximum atomic E-state index is 13.3. The molecule has 60 heavy (non-hydrogen) atoms. The number of aromatic amines is 3. The monoisotopic (exact) mass is 918 g/mol. The van der Waals surface area contributed by atoms with Crippen molar-refractivity contribution in [3.63, 3.8) is 0 Å². The van der Waals surface area contributed by atoms with Crippen molar-refractivity contribution in [3.05, 3.63) is 99.3 Å². The van der Waals surface area contributed by atoms with E-state index in [1.807, 2.05) is 15.0 Å². The van der Waals surface area contributed by atoms with Crippen LogP contribution < -0.4 is 33.7 Å². The molecule has 14 atom stereocenters. The molecule has 3 aliphatic rings. The number of H-pyrrole nitrogens is 3. The lowest BCUT2D eigenvalue weighted by Gasteiger charge is -2.25. The molecule has 2 unspecified atom stereocenters. The number of phosphoric ester groups is 2. The molecule has 3 aromatic heterocycles. The smallest absolute Gasteiger partial charge is 0.387 e. The van der Waals surface area contributed by atoms with E-state index in [1.165, 1.54) is 0 Å². The fourth-order valence-corrected chi connectivity index (χ4v) is 8.44. The van der Waals surface area contributed by atoms with Crippen LogP contribution in [0.15, 0.2) is 65.6 Å². The van der Waals surface area contributed by atoms with Gasteiger partial charge in [-0.15, -0.1) is 0 Å². The Morgan fingerprint density at radius 3 is 1.30 bits per heavy atom. The van der Waals surface area contributed by atoms with E-state index < -0.39 is 151 Å². The molecule has 3 saturated heterocycles. The summed E-state index contributed by atoms with van der Waals surface area (Å²) in [7, 11) is -14.6. The Balaban J connectivity index is 1.18. The second kappa shape index (κ2) is 18.1. The van der Waals surface area contributed by atoms with E-state index >= 15 is 0 Å². The lowest BCUT2D eigenvalue weighted by atomic mass is 10.1. The van der Waals surface area contributed by atoms with Crippen molar-refractivity contribution in [2.45, 2.75) is 73.6 Å². The van der Waals surface area contributed by atoms with Crippen molar-refractivity contribution in [1.29, 1.82) is 0 Å². The van der Waals surface area contributed by atoms with Crippen LogP contribution in [0.3, 0.4) is 0 Å². The molecule has 330 valence electrons. The summed E-state index contributed by atoms with van der Waals surface area (Å²) in [6.45, 7) is -3.22. The molecule has 0 spiro atoms. The van der Waals surface area contributed by atoms with E-state index in [0.717, 1.165) is 36.8 Å². The highest BCUT2D eigenvalue weighted by molar-refractivity contribution is 7.47. The Labute approximate surface area is 330 Å². The molecule has 3 fully saturated rings. The summed E-state index contributed by atoms with van der Waals surface area (Å²) in [6, 6.07) is 2.59. The predicted octanol–water partition coefficient (Wildman–Crippen LogP) is -5.12. The van der Waals surface area contributed by atoms with E-state index in [-0.39, 0.29) is 0 Å². The molecule has 0 aromatic carbocycles. The van der Waals surface area contributed by atoms with Crippen molar-refractivity contribution in [2.24, 2.45) is 0 Å². The molecule has 9 N–H and O–H groups in total. The molecule has 6 rings (SSSR count). The Hall–Kier alpha value is -4.16. The van der Waals surface area contributed by atoms with Gasteiger partial charge in [0, 0.05) is 36.8 Å². The van der Waals surface area contributed by atoms with Crippen LogP contribution in [0, 0.1) is 0 Å². The maximum Gasteiger partial charge on any atom is 0.472 e. The van der Waals surface area contributed by atoms with E-state index in [1.54, 1.807) is 0 Å². The number of aliphatic hydroxyl groups excluding tert-OH is 4. The topological polar surface area (TPSA) is 428 Å². The molecule has 0 saturated carbocycles. The molecule has 3 aliphatic heterocycles. The Morgan fingerprint density at radius 2 is 0.917 bits per heavy atom. The molecule has 0 bridgehead atoms. The Morgan fingerprint density at radius 1 is 0.567 bits per heavy atom. The normalized spacial score (nSPS) is 32.4. The molecule has 0 radical (unpaired) electrons. The van der Waals surface area contributed by atoms with E-state index in [9.17, 15) is 77.2 Å². The van der Waals surface area contributed by atoms with Gasteiger partial charge in [-0.1, -0.05) is 0 Å². The highest BCUT2D eigenvalue weighted by Gasteiger charge is 2.53. The SMILES string of the molecule is O=c1ccn([C@@H]2O[C@H](COP(=O)(O)O[C@H]3[C@@H](O)[C@H](n4ccc(=O)[nH]c4=O)O[C@@H]3COP(=O)(O)O[C@H]3[C@@H](O)[C@H](n4ccc(=O)[nH]c4=O)O[C@@H]3COP(=O)=O)[C@@H](O)[C@H]2O)c(=O)[nH]1. The third-order valence-electron chi connectivity index (χ3n) is 8.99. The largest absolute Gasteiger partial charge is 0.472 e. The molecule has 0 amide bonds. The number of nitrogens with zero attached hydrogens (tertiary/aromatic N) is 3. The van der Waals surface area contributed by atoms with Gasteiger partial charge >= 0.3 is 40.6 Å². The Kier molecular flexibility index (Phi) is 13.7. The van der Waals surface area contributed by atoms with Crippen LogP contribution >= 0.6 is 23.6 Å². The van der Waals surface area contributed by atoms with Gasteiger partial charge in [-0.3, -0.25) is 65.7 Å². The van der Waals surface area contributed by atoms with Crippen LogP contribution in [0.2, 0.25) is 0 Å². The van der Waals surface area contributed by atoms with Gasteiger partial charge in [0.2, 0.25) is 0 Å². The molecular formula is C27H33N6O24P3. The number of phosphoric acid groups is 2. The number of aliphatic hydroxyl groups is 4. The maximum absolute atomic E-state index is 13.3. The van der Waals surface area contributed by atoms with E-state index in [0.29, 0.717) is 13.7 Å². The number of ether oxygens (including phenoxy) is 3. The average molecular weight is 919 g/mol. The number of hydrogen-bond acceptors (Lipinski definition) is 22. The first kappa shape index (κ1) is 45.4. The van der Waals surface area contributed by atoms with Crippen molar-refractivity contribution in [1.82, 2.24) is 28.7 Å². The molecule has 33 heteroatoms. The Bertz CT molecular complexity index is 2580. The molecule has 6 heterocycles. The van der Waals surface area contributed by atoms with E-state index in [4.69, 9.17) is 32.3 Å². The minimum atomic E-state index is -5.54. The van der Waals surface area contributed by atoms with Crippen LogP contribution in [0.5, 0.6) is 0 Å². The van der Waals surface area contributed by atoms with Gasteiger partial charge in [-0.25, -0.2) is 32.6 Å². The fourth-order valence-electron chi connectivity index (χ4n) is 6.25. The number of aromatic nitrogens is 6. The molecule has 0 aliphatic carbocycles. The average Bonchev–Trinajstić information content (AvgIpc) is 3.74. The first-order chi connectivity index (χ1) is 28.1. The fraction of sp³-hybridized carbons (Fsp3) is 0.556. The van der Waals surface area contributed by atoms with Gasteiger partial charge in [0.05, 0.1) is 19.8 Å². The first-order valence-corrected chi connectivity index (χ1v) is 20.9. The van der Waals surface area contributed by atoms with Gasteiger partial charge in [0.1, 0.15) is 54.9 Å². The summed E-state index contributed by atoms with van der Waals surface area (Å²) in [6.07, 6.45) is -20.0. The highest BCUT2D eigenvalue weighted by atomic mass is 31.2. The van der Waals surface area contributed by atoms with Gasteiger partial charge < -0.3 is 44.4 Å². The molecule has 30 nitrogen and oxygen atoms in total. The lowest BCUT2D eigenvalue weighted by Crippen LogP contribution is -2.39. The number of rotatable bonds is 16. The van der Waals surface area contributed by atoms with Gasteiger partial charge in [-0.2, -0.15) is 0 Å². The summed E-state index contributed by atoms with van der Waals surface area (Å²) in [5.41, 5.74) is -5.85. The highest BCUT2D eigenvalue weighted by Crippen LogP contribution is 2.52. The minimum Gasteiger partial charge on any atom is -0.387 e. The standard InChI is InChI=1S/C27H33N6O24P3/c34-13-1-4-31(25(41)28-13)22-17(38)16(37)10(53-22)8-51-59(46,47)57-21-12(55-24(19(21)40)33-6-3-15(36)30-27(33)43)9-52-60(48,49)56-20-11(7-50-58(44)45)54-23(18(20)39)32-5-2-14(35)29-26(32)42/h1-6,10-12,16-24,37-40H,7-9H2,(H,46,47)(H,48,49)(H,28,34,41)(H,29,35,42)(H,30,36,43)/t10-,11-,12-,16-,17-,18-,19-,20-,21-,22-,23-,24-/m1/s1. The number of nitrogens with one attached hydrogen (secondary N) is 3. The summed E-state index contributed by atoms with van der Waals surface area (Å²) < 4.78 is 91.7. The van der Waals surface area contributed by atoms with Gasteiger partial charge in [-0.05, 0) is 0 Å². The second-order valence-electron chi connectivity index (χ2n) is 12.9. The zero-order chi connectivity index (χ0) is 43.8. The van der Waals surface area contributed by atoms with E-state index in [2.05, 4.69) is 4.52 Å². The zero-order valence-electron chi connectivity index (χ0n) is 29.7. The predicted molar refractivity (Wildman–Crippen MR) is 185 cm³/mol. The quantitative estimate of drug-likeness (QED) is 0.0607. The van der Waals surface area contributed by atoms with Gasteiger partial charge in [0.25, 0.3) is 16.7 Å². The minimum absolute atomic E-state index is 0.597. The molecular weight excluding hydrogens is 885 g/mol. The summed E-state index contributed by atoms with van der Waals surface area (Å²) in [5, 5.41) is 43.1. The van der Waals surface area contributed by atoms with Crippen molar-refractivity contribution in [3.8, 4) is 0 Å². The van der Waals surface area contributed by atoms with Gasteiger partial charge in [0.15, 0.2) is 18.7 Å². The second-order valence-corrected chi connectivity index (χ2v) is 16.4. The summed E-state index contributed by atoms with van der Waals surface area (Å²) in [5.74, 6) is 0. The zero-order valence-corrected chi connectivity index (χ0v) is 32.4. The van der Waals surface area contributed by atoms with Crippen LogP contribution in [0.1, 0.15) is 18.7 Å². The third kappa shape index (κ3) is 10.1. The van der Waals surface area contributed by atoms with Crippen LogP contribution in [-0.4, -0.2) is 134 Å². The lowest BCUT2D eigenvalue weighted by molar-refractivity contribution is -0.0638. The van der Waals surface area contributed by atoms with Crippen LogP contribution in [0.4, 0.5) is 0 Å². The van der Waals surface area contributed by atoms with Crippen molar-refractivity contribution >= 4 is 23.6 Å².